The van der Waals surface area contributed by atoms with E-state index in [0.717, 1.165) is 0 Å². The SMILES string of the molecule is CC[C@H](NC(=O)c1ccccc1NC(=O)c1ccc(OC)cc1)C(=O)O. The molecule has 0 aliphatic carbocycles. The molecule has 0 saturated carbocycles. The molecule has 7 heteroatoms. The minimum Gasteiger partial charge on any atom is -0.497 e. The third-order valence-electron chi connectivity index (χ3n) is 3.78. The van der Waals surface area contributed by atoms with Crippen LogP contribution < -0.4 is 15.4 Å². The number of benzene rings is 2. The average Bonchev–Trinajstić information content (AvgIpc) is 2.66. The Morgan fingerprint density at radius 2 is 1.69 bits per heavy atom. The summed E-state index contributed by atoms with van der Waals surface area (Å²) in [5, 5.41) is 14.2. The second kappa shape index (κ2) is 8.66. The first-order valence-electron chi connectivity index (χ1n) is 8.04. The van der Waals surface area contributed by atoms with Crippen molar-refractivity contribution in [3.63, 3.8) is 0 Å². The van der Waals surface area contributed by atoms with Gasteiger partial charge in [-0.3, -0.25) is 9.59 Å². The Morgan fingerprint density at radius 1 is 1.04 bits per heavy atom. The summed E-state index contributed by atoms with van der Waals surface area (Å²) in [6.45, 7) is 1.66. The van der Waals surface area contributed by atoms with Crippen LogP contribution in [0.1, 0.15) is 34.1 Å². The van der Waals surface area contributed by atoms with E-state index in [1.54, 1.807) is 49.4 Å². The maximum Gasteiger partial charge on any atom is 0.326 e. The Kier molecular flexibility index (Phi) is 6.32. The van der Waals surface area contributed by atoms with Gasteiger partial charge in [0.25, 0.3) is 11.8 Å². The van der Waals surface area contributed by atoms with Crippen LogP contribution in [0.3, 0.4) is 0 Å². The average molecular weight is 356 g/mol. The van der Waals surface area contributed by atoms with Gasteiger partial charge < -0.3 is 20.5 Å². The lowest BCUT2D eigenvalue weighted by Crippen LogP contribution is -2.40. The molecule has 2 aromatic carbocycles. The number of carbonyl (C=O) groups excluding carboxylic acids is 2. The Labute approximate surface area is 151 Å². The number of carbonyl (C=O) groups is 3. The normalized spacial score (nSPS) is 11.3. The van der Waals surface area contributed by atoms with Crippen molar-refractivity contribution in [2.75, 3.05) is 12.4 Å². The van der Waals surface area contributed by atoms with Crippen LogP contribution >= 0.6 is 0 Å². The van der Waals surface area contributed by atoms with Crippen LogP contribution in [0.5, 0.6) is 5.75 Å². The highest BCUT2D eigenvalue weighted by Gasteiger charge is 2.20. The van der Waals surface area contributed by atoms with Gasteiger partial charge in [0, 0.05) is 5.56 Å². The zero-order valence-corrected chi connectivity index (χ0v) is 14.5. The van der Waals surface area contributed by atoms with Crippen LogP contribution in [0.4, 0.5) is 5.69 Å². The number of carboxylic acid groups (broad SMARTS) is 1. The third-order valence-corrected chi connectivity index (χ3v) is 3.78. The predicted octanol–water partition coefficient (Wildman–Crippen LogP) is 2.54. The van der Waals surface area contributed by atoms with Gasteiger partial charge in [0.2, 0.25) is 0 Å². The predicted molar refractivity (Wildman–Crippen MR) is 96.6 cm³/mol. The zero-order chi connectivity index (χ0) is 19.1. The van der Waals surface area contributed by atoms with Gasteiger partial charge in [0.05, 0.1) is 18.4 Å². The molecule has 3 N–H and O–H groups in total. The highest BCUT2D eigenvalue weighted by atomic mass is 16.5. The monoisotopic (exact) mass is 356 g/mol. The number of carboxylic acids is 1. The van der Waals surface area contributed by atoms with E-state index in [2.05, 4.69) is 10.6 Å². The summed E-state index contributed by atoms with van der Waals surface area (Å²) in [4.78, 5) is 35.9. The van der Waals surface area contributed by atoms with Crippen molar-refractivity contribution in [3.05, 3.63) is 59.7 Å². The van der Waals surface area contributed by atoms with Gasteiger partial charge >= 0.3 is 5.97 Å². The van der Waals surface area contributed by atoms with Crippen LogP contribution in [0, 0.1) is 0 Å². The molecule has 2 rings (SSSR count). The lowest BCUT2D eigenvalue weighted by Gasteiger charge is -2.15. The number of aliphatic carboxylic acids is 1. The van der Waals surface area contributed by atoms with Crippen molar-refractivity contribution >= 4 is 23.5 Å². The number of amides is 2. The van der Waals surface area contributed by atoms with Crippen molar-refractivity contribution < 1.29 is 24.2 Å². The molecule has 1 atom stereocenters. The standard InChI is InChI=1S/C19H20N2O5/c1-3-15(19(24)25)20-18(23)14-6-4-5-7-16(14)21-17(22)12-8-10-13(26-2)11-9-12/h4-11,15H,3H2,1-2H3,(H,20,23)(H,21,22)(H,24,25)/t15-/m0/s1. The van der Waals surface area contributed by atoms with Gasteiger partial charge in [0.1, 0.15) is 11.8 Å². The number of methoxy groups -OCH3 is 1. The number of hydrogen-bond acceptors (Lipinski definition) is 4. The van der Waals surface area contributed by atoms with Gasteiger partial charge in [-0.2, -0.15) is 0 Å². The number of para-hydroxylation sites is 1. The van der Waals surface area contributed by atoms with E-state index in [1.165, 1.54) is 13.2 Å². The summed E-state index contributed by atoms with van der Waals surface area (Å²) < 4.78 is 5.05. The molecule has 0 bridgehead atoms. The Balaban J connectivity index is 2.18. The molecule has 136 valence electrons. The molecule has 0 spiro atoms. The molecule has 0 saturated heterocycles. The molecule has 2 amide bonds. The summed E-state index contributed by atoms with van der Waals surface area (Å²) in [5.41, 5.74) is 0.887. The van der Waals surface area contributed by atoms with Gasteiger partial charge in [-0.15, -0.1) is 0 Å². The highest BCUT2D eigenvalue weighted by molar-refractivity contribution is 6.09. The van der Waals surface area contributed by atoms with Gasteiger partial charge in [0.15, 0.2) is 0 Å². The Hall–Kier alpha value is -3.35. The number of anilines is 1. The van der Waals surface area contributed by atoms with Gasteiger partial charge in [-0.05, 0) is 42.8 Å². The molecular weight excluding hydrogens is 336 g/mol. The Bertz CT molecular complexity index is 802. The molecule has 2 aromatic rings. The summed E-state index contributed by atoms with van der Waals surface area (Å²) in [7, 11) is 1.53. The topological polar surface area (TPSA) is 105 Å². The van der Waals surface area contributed by atoms with Crippen LogP contribution in [0.15, 0.2) is 48.5 Å². The molecule has 0 aromatic heterocycles. The summed E-state index contributed by atoms with van der Waals surface area (Å²) in [6.07, 6.45) is 0.251. The van der Waals surface area contributed by atoms with Crippen LogP contribution in [0.2, 0.25) is 0 Å². The van der Waals surface area contributed by atoms with E-state index in [1.807, 2.05) is 0 Å². The van der Waals surface area contributed by atoms with E-state index in [4.69, 9.17) is 9.84 Å². The maximum absolute atomic E-state index is 12.4. The minimum absolute atomic E-state index is 0.189. The summed E-state index contributed by atoms with van der Waals surface area (Å²) in [5.74, 6) is -1.44. The lowest BCUT2D eigenvalue weighted by atomic mass is 10.1. The van der Waals surface area contributed by atoms with E-state index in [0.29, 0.717) is 17.0 Å². The number of rotatable bonds is 7. The first-order chi connectivity index (χ1) is 12.5. The fourth-order valence-electron chi connectivity index (χ4n) is 2.30. The molecule has 0 radical (unpaired) electrons. The molecule has 0 aliphatic rings. The second-order valence-electron chi connectivity index (χ2n) is 5.50. The van der Waals surface area contributed by atoms with Gasteiger partial charge in [-0.1, -0.05) is 19.1 Å². The molecule has 26 heavy (non-hydrogen) atoms. The lowest BCUT2D eigenvalue weighted by molar-refractivity contribution is -0.139. The molecule has 7 nitrogen and oxygen atoms in total. The van der Waals surface area contributed by atoms with Crippen LogP contribution in [0.25, 0.3) is 0 Å². The van der Waals surface area contributed by atoms with Crippen LogP contribution in [-0.4, -0.2) is 36.0 Å². The van der Waals surface area contributed by atoms with E-state index >= 15 is 0 Å². The highest BCUT2D eigenvalue weighted by Crippen LogP contribution is 2.18. The zero-order valence-electron chi connectivity index (χ0n) is 14.5. The summed E-state index contributed by atoms with van der Waals surface area (Å²) >= 11 is 0. The summed E-state index contributed by atoms with van der Waals surface area (Å²) in [6, 6.07) is 12.0. The van der Waals surface area contributed by atoms with Gasteiger partial charge in [-0.25, -0.2) is 4.79 Å². The van der Waals surface area contributed by atoms with Crippen molar-refractivity contribution in [2.24, 2.45) is 0 Å². The fraction of sp³-hybridized carbons (Fsp3) is 0.211. The quantitative estimate of drug-likeness (QED) is 0.707. The number of ether oxygens (including phenoxy) is 1. The Morgan fingerprint density at radius 3 is 2.27 bits per heavy atom. The van der Waals surface area contributed by atoms with E-state index in [-0.39, 0.29) is 12.0 Å². The number of hydrogen-bond donors (Lipinski definition) is 3. The second-order valence-corrected chi connectivity index (χ2v) is 5.50. The van der Waals surface area contributed by atoms with Crippen molar-refractivity contribution in [1.82, 2.24) is 5.32 Å². The first kappa shape index (κ1) is 19.0. The molecule has 0 heterocycles. The van der Waals surface area contributed by atoms with Crippen LogP contribution in [-0.2, 0) is 4.79 Å². The van der Waals surface area contributed by atoms with Crippen molar-refractivity contribution in [3.8, 4) is 5.75 Å². The number of nitrogens with one attached hydrogen (secondary N) is 2. The molecule has 0 aliphatic heterocycles. The first-order valence-corrected chi connectivity index (χ1v) is 8.04. The van der Waals surface area contributed by atoms with E-state index < -0.39 is 23.8 Å². The fourth-order valence-corrected chi connectivity index (χ4v) is 2.30. The third kappa shape index (κ3) is 4.60. The largest absolute Gasteiger partial charge is 0.497 e. The smallest absolute Gasteiger partial charge is 0.326 e. The minimum atomic E-state index is -1.11. The maximum atomic E-state index is 12.4. The van der Waals surface area contributed by atoms with Crippen molar-refractivity contribution in [2.45, 2.75) is 19.4 Å². The molecule has 0 unspecified atom stereocenters. The van der Waals surface area contributed by atoms with Crippen molar-refractivity contribution in [1.29, 1.82) is 0 Å². The van der Waals surface area contributed by atoms with E-state index in [9.17, 15) is 14.4 Å². The molecular formula is C19H20N2O5. The molecule has 0 fully saturated rings.